The average molecular weight is 324 g/mol. The lowest BCUT2D eigenvalue weighted by atomic mass is 9.98. The standard InChI is InChI=1S/C17H28N2O2S/c1-5-9-22-10-8-18-13-11-14-6-7-15(12-13)19(14)16(20)21-17(2,3)4/h1,13-15,18H,6-12H2,2-4H3. The average Bonchev–Trinajstić information content (AvgIpc) is 2.68. The molecule has 0 radical (unpaired) electrons. The lowest BCUT2D eigenvalue weighted by Gasteiger charge is -2.39. The highest BCUT2D eigenvalue weighted by Crippen LogP contribution is 2.36. The van der Waals surface area contributed by atoms with E-state index in [9.17, 15) is 4.79 Å². The third-order valence-electron chi connectivity index (χ3n) is 4.20. The number of rotatable bonds is 5. The first-order chi connectivity index (χ1) is 10.4. The fourth-order valence-electron chi connectivity index (χ4n) is 3.42. The first-order valence-electron chi connectivity index (χ1n) is 8.16. The number of ether oxygens (including phenoxy) is 1. The third-order valence-corrected chi connectivity index (χ3v) is 5.07. The van der Waals surface area contributed by atoms with Gasteiger partial charge in [-0.25, -0.2) is 4.79 Å². The molecule has 2 fully saturated rings. The molecule has 2 bridgehead atoms. The van der Waals surface area contributed by atoms with Crippen LogP contribution in [0.4, 0.5) is 4.79 Å². The van der Waals surface area contributed by atoms with E-state index in [-0.39, 0.29) is 6.09 Å². The number of hydrogen-bond donors (Lipinski definition) is 1. The molecule has 22 heavy (non-hydrogen) atoms. The summed E-state index contributed by atoms with van der Waals surface area (Å²) in [5, 5.41) is 3.62. The van der Waals surface area contributed by atoms with Crippen LogP contribution >= 0.6 is 11.8 Å². The predicted octanol–water partition coefficient (Wildman–Crippen LogP) is 2.87. The van der Waals surface area contributed by atoms with Crippen LogP contribution in [0.5, 0.6) is 0 Å². The monoisotopic (exact) mass is 324 g/mol. The van der Waals surface area contributed by atoms with Gasteiger partial charge in [0, 0.05) is 30.4 Å². The molecule has 2 unspecified atom stereocenters. The molecule has 2 heterocycles. The first-order valence-corrected chi connectivity index (χ1v) is 9.32. The SMILES string of the molecule is C#CCSCCNC1CC2CCC(C1)N2C(=O)OC(C)(C)C. The van der Waals surface area contributed by atoms with Gasteiger partial charge >= 0.3 is 6.09 Å². The fraction of sp³-hybridized carbons (Fsp3) is 0.824. The van der Waals surface area contributed by atoms with Gasteiger partial charge in [0.15, 0.2) is 0 Å². The van der Waals surface area contributed by atoms with Crippen LogP contribution in [0.1, 0.15) is 46.5 Å². The minimum Gasteiger partial charge on any atom is -0.444 e. The van der Waals surface area contributed by atoms with Crippen molar-refractivity contribution in [2.45, 2.75) is 70.2 Å². The van der Waals surface area contributed by atoms with Gasteiger partial charge in [-0.15, -0.1) is 18.2 Å². The zero-order valence-electron chi connectivity index (χ0n) is 13.9. The number of carbonyl (C=O) groups excluding carboxylic acids is 1. The zero-order chi connectivity index (χ0) is 16.2. The molecular formula is C17H28N2O2S. The van der Waals surface area contributed by atoms with Gasteiger partial charge in [0.25, 0.3) is 0 Å². The molecule has 0 spiro atoms. The number of thioether (sulfide) groups is 1. The molecule has 0 aliphatic carbocycles. The van der Waals surface area contributed by atoms with Crippen LogP contribution in [-0.2, 0) is 4.74 Å². The Hall–Kier alpha value is -0.860. The summed E-state index contributed by atoms with van der Waals surface area (Å²) in [6.07, 6.45) is 9.39. The highest BCUT2D eigenvalue weighted by atomic mass is 32.2. The number of terminal acetylenes is 1. The van der Waals surface area contributed by atoms with Gasteiger partial charge in [-0.2, -0.15) is 0 Å². The first kappa shape index (κ1) is 17.5. The highest BCUT2D eigenvalue weighted by Gasteiger charge is 2.44. The molecule has 2 saturated heterocycles. The highest BCUT2D eigenvalue weighted by molar-refractivity contribution is 7.99. The maximum atomic E-state index is 12.4. The van der Waals surface area contributed by atoms with Crippen LogP contribution in [-0.4, -0.2) is 52.8 Å². The number of piperidine rings is 1. The predicted molar refractivity (Wildman–Crippen MR) is 92.1 cm³/mol. The molecule has 0 aromatic rings. The zero-order valence-corrected chi connectivity index (χ0v) is 14.7. The van der Waals surface area contributed by atoms with Crippen LogP contribution in [0.25, 0.3) is 0 Å². The number of amides is 1. The van der Waals surface area contributed by atoms with E-state index in [1.54, 1.807) is 11.8 Å². The van der Waals surface area contributed by atoms with E-state index in [1.807, 2.05) is 25.7 Å². The van der Waals surface area contributed by atoms with Crippen LogP contribution in [0.15, 0.2) is 0 Å². The second-order valence-corrected chi connectivity index (χ2v) is 8.26. The molecule has 1 N–H and O–H groups in total. The Balaban J connectivity index is 1.79. The summed E-state index contributed by atoms with van der Waals surface area (Å²) in [5.41, 5.74) is -0.417. The van der Waals surface area contributed by atoms with Crippen molar-refractivity contribution in [3.05, 3.63) is 0 Å². The summed E-state index contributed by atoms with van der Waals surface area (Å²) in [6.45, 7) is 6.77. The molecular weight excluding hydrogens is 296 g/mol. The van der Waals surface area contributed by atoms with Crippen molar-refractivity contribution in [1.29, 1.82) is 0 Å². The second-order valence-electron chi connectivity index (χ2n) is 7.15. The van der Waals surface area contributed by atoms with Gasteiger partial charge < -0.3 is 15.0 Å². The van der Waals surface area contributed by atoms with Crippen LogP contribution in [0.3, 0.4) is 0 Å². The van der Waals surface area contributed by atoms with Gasteiger partial charge in [-0.3, -0.25) is 0 Å². The maximum absolute atomic E-state index is 12.4. The Morgan fingerprint density at radius 3 is 2.55 bits per heavy atom. The molecule has 124 valence electrons. The van der Waals surface area contributed by atoms with Crippen molar-refractivity contribution >= 4 is 17.9 Å². The molecule has 0 aromatic carbocycles. The number of nitrogens with zero attached hydrogens (tertiary/aromatic N) is 1. The minimum absolute atomic E-state index is 0.136. The Morgan fingerprint density at radius 1 is 1.36 bits per heavy atom. The van der Waals surface area contributed by atoms with Gasteiger partial charge in [0.05, 0.1) is 5.75 Å². The Morgan fingerprint density at radius 2 is 2.00 bits per heavy atom. The quantitative estimate of drug-likeness (QED) is 0.624. The number of nitrogens with one attached hydrogen (secondary N) is 1. The normalized spacial score (nSPS) is 27.5. The lowest BCUT2D eigenvalue weighted by molar-refractivity contribution is 0.00483. The van der Waals surface area contributed by atoms with E-state index in [4.69, 9.17) is 11.2 Å². The molecule has 4 nitrogen and oxygen atoms in total. The Labute approximate surface area is 138 Å². The summed E-state index contributed by atoms with van der Waals surface area (Å²) < 4.78 is 5.56. The van der Waals surface area contributed by atoms with Crippen molar-refractivity contribution in [1.82, 2.24) is 10.2 Å². The van der Waals surface area contributed by atoms with E-state index in [0.717, 1.165) is 43.7 Å². The molecule has 5 heteroatoms. The van der Waals surface area contributed by atoms with Crippen molar-refractivity contribution in [2.75, 3.05) is 18.1 Å². The Bertz CT molecular complexity index is 413. The van der Waals surface area contributed by atoms with Crippen molar-refractivity contribution < 1.29 is 9.53 Å². The molecule has 2 aliphatic rings. The van der Waals surface area contributed by atoms with E-state index < -0.39 is 5.60 Å². The minimum atomic E-state index is -0.417. The summed E-state index contributed by atoms with van der Waals surface area (Å²) in [4.78, 5) is 14.4. The molecule has 1 amide bonds. The molecule has 2 rings (SSSR count). The number of hydrogen-bond acceptors (Lipinski definition) is 4. The van der Waals surface area contributed by atoms with Crippen LogP contribution in [0, 0.1) is 12.3 Å². The number of carbonyl (C=O) groups is 1. The van der Waals surface area contributed by atoms with E-state index in [1.165, 1.54) is 0 Å². The van der Waals surface area contributed by atoms with E-state index in [2.05, 4.69) is 11.2 Å². The van der Waals surface area contributed by atoms with Crippen LogP contribution < -0.4 is 5.32 Å². The lowest BCUT2D eigenvalue weighted by Crippen LogP contribution is -2.52. The number of fused-ring (bicyclic) bond motifs is 2. The van der Waals surface area contributed by atoms with Crippen LogP contribution in [0.2, 0.25) is 0 Å². The summed E-state index contributed by atoms with van der Waals surface area (Å²) in [7, 11) is 0. The van der Waals surface area contributed by atoms with E-state index in [0.29, 0.717) is 18.1 Å². The molecule has 2 aliphatic heterocycles. The van der Waals surface area contributed by atoms with Gasteiger partial charge in [-0.1, -0.05) is 5.92 Å². The summed E-state index contributed by atoms with van der Waals surface area (Å²) in [5.74, 6) is 4.47. The summed E-state index contributed by atoms with van der Waals surface area (Å²) in [6, 6.07) is 1.19. The van der Waals surface area contributed by atoms with Crippen molar-refractivity contribution in [2.24, 2.45) is 0 Å². The molecule has 2 atom stereocenters. The fourth-order valence-corrected chi connectivity index (χ4v) is 3.95. The van der Waals surface area contributed by atoms with E-state index >= 15 is 0 Å². The van der Waals surface area contributed by atoms with Gasteiger partial charge in [-0.05, 0) is 46.5 Å². The Kier molecular flexibility index (Phi) is 6.05. The molecule has 0 saturated carbocycles. The maximum Gasteiger partial charge on any atom is 0.410 e. The topological polar surface area (TPSA) is 41.6 Å². The van der Waals surface area contributed by atoms with Crippen molar-refractivity contribution in [3.63, 3.8) is 0 Å². The van der Waals surface area contributed by atoms with Gasteiger partial charge in [0.1, 0.15) is 5.60 Å². The van der Waals surface area contributed by atoms with Crippen molar-refractivity contribution in [3.8, 4) is 12.3 Å². The molecule has 0 aromatic heterocycles. The van der Waals surface area contributed by atoms with Gasteiger partial charge in [0.2, 0.25) is 0 Å². The largest absolute Gasteiger partial charge is 0.444 e. The summed E-state index contributed by atoms with van der Waals surface area (Å²) >= 11 is 1.79. The smallest absolute Gasteiger partial charge is 0.410 e. The third kappa shape index (κ3) is 4.82. The second kappa shape index (κ2) is 7.61.